The third kappa shape index (κ3) is 2.78. The molecule has 0 N–H and O–H groups in total. The molecule has 0 saturated heterocycles. The van der Waals surface area contributed by atoms with Crippen molar-refractivity contribution in [2.75, 3.05) is 0 Å². The number of halogens is 2. The molecule has 0 bridgehead atoms. The van der Waals surface area contributed by atoms with Gasteiger partial charge in [0.1, 0.15) is 24.0 Å². The lowest BCUT2D eigenvalue weighted by atomic mass is 9.92. The number of Topliss-reactive ketones (excluding diaryl/α,β-unsaturated/α-hetero) is 1. The van der Waals surface area contributed by atoms with E-state index in [2.05, 4.69) is 31.9 Å². The Balaban J connectivity index is 2.16. The molecule has 0 amide bonds. The minimum Gasteiger partial charge on any atom is -0.467 e. The highest BCUT2D eigenvalue weighted by molar-refractivity contribution is 9.10. The molecule has 2 heterocycles. The predicted molar refractivity (Wildman–Crippen MR) is 74.7 cm³/mol. The summed E-state index contributed by atoms with van der Waals surface area (Å²) in [7, 11) is 0. The summed E-state index contributed by atoms with van der Waals surface area (Å²) < 4.78 is 12.3. The van der Waals surface area contributed by atoms with Gasteiger partial charge in [-0.2, -0.15) is 0 Å². The molecule has 2 unspecified atom stereocenters. The Kier molecular flexibility index (Phi) is 4.12. The van der Waals surface area contributed by atoms with Gasteiger partial charge in [-0.25, -0.2) is 0 Å². The van der Waals surface area contributed by atoms with E-state index in [0.717, 1.165) is 8.95 Å². The van der Waals surface area contributed by atoms with Crippen LogP contribution in [0.5, 0.6) is 0 Å². The van der Waals surface area contributed by atoms with Gasteiger partial charge in [-0.1, -0.05) is 0 Å². The smallest absolute Gasteiger partial charge is 0.153 e. The van der Waals surface area contributed by atoms with Gasteiger partial charge in [0, 0.05) is 0 Å². The summed E-state index contributed by atoms with van der Waals surface area (Å²) in [5.41, 5.74) is 0. The molecule has 0 aromatic carbocycles. The largest absolute Gasteiger partial charge is 0.467 e. The van der Waals surface area contributed by atoms with Gasteiger partial charge in [0.05, 0.1) is 20.8 Å². The van der Waals surface area contributed by atoms with E-state index in [9.17, 15) is 4.79 Å². The van der Waals surface area contributed by atoms with Crippen molar-refractivity contribution in [1.82, 2.24) is 0 Å². The minimum atomic E-state index is -0.296. The SMILES string of the molecule is CC(C(=O)C(C)c1cc(Br)co1)c1cc(Br)co1. The summed E-state index contributed by atoms with van der Waals surface area (Å²) >= 11 is 6.61. The first kappa shape index (κ1) is 13.6. The number of hydrogen-bond acceptors (Lipinski definition) is 3. The zero-order chi connectivity index (χ0) is 13.3. The summed E-state index contributed by atoms with van der Waals surface area (Å²) in [6, 6.07) is 3.63. The molecule has 2 rings (SSSR count). The zero-order valence-corrected chi connectivity index (χ0v) is 13.1. The van der Waals surface area contributed by atoms with Crippen LogP contribution in [0.3, 0.4) is 0 Å². The number of furan rings is 2. The van der Waals surface area contributed by atoms with Gasteiger partial charge in [-0.05, 0) is 57.8 Å². The molecule has 0 aliphatic rings. The second kappa shape index (κ2) is 5.45. The molecule has 0 saturated carbocycles. The molecular weight excluding hydrogens is 364 g/mol. The molecule has 18 heavy (non-hydrogen) atoms. The third-order valence-electron chi connectivity index (χ3n) is 2.88. The maximum absolute atomic E-state index is 12.3. The van der Waals surface area contributed by atoms with Gasteiger partial charge in [-0.3, -0.25) is 4.79 Å². The van der Waals surface area contributed by atoms with E-state index in [1.807, 2.05) is 26.0 Å². The van der Waals surface area contributed by atoms with Crippen LogP contribution in [0.2, 0.25) is 0 Å². The Hall–Kier alpha value is -0.810. The normalized spacial score (nSPS) is 14.4. The molecule has 96 valence electrons. The quantitative estimate of drug-likeness (QED) is 0.765. The van der Waals surface area contributed by atoms with Crippen LogP contribution < -0.4 is 0 Å². The fraction of sp³-hybridized carbons (Fsp3) is 0.308. The van der Waals surface area contributed by atoms with Crippen molar-refractivity contribution in [3.8, 4) is 0 Å². The highest BCUT2D eigenvalue weighted by Gasteiger charge is 2.27. The van der Waals surface area contributed by atoms with Crippen molar-refractivity contribution >= 4 is 37.6 Å². The van der Waals surface area contributed by atoms with Crippen LogP contribution in [0.1, 0.15) is 37.2 Å². The maximum Gasteiger partial charge on any atom is 0.153 e. The molecule has 5 heteroatoms. The maximum atomic E-state index is 12.3. The Bertz CT molecular complexity index is 508. The predicted octanol–water partition coefficient (Wildman–Crippen LogP) is 4.87. The van der Waals surface area contributed by atoms with E-state index < -0.39 is 0 Å². The summed E-state index contributed by atoms with van der Waals surface area (Å²) in [5, 5.41) is 0. The molecule has 0 aliphatic carbocycles. The van der Waals surface area contributed by atoms with E-state index in [1.165, 1.54) is 0 Å². The van der Waals surface area contributed by atoms with E-state index in [-0.39, 0.29) is 17.6 Å². The Morgan fingerprint density at radius 3 is 1.67 bits per heavy atom. The zero-order valence-electron chi connectivity index (χ0n) is 9.94. The molecule has 2 atom stereocenters. The van der Waals surface area contributed by atoms with Gasteiger partial charge >= 0.3 is 0 Å². The molecule has 0 spiro atoms. The van der Waals surface area contributed by atoms with Crippen LogP contribution in [0.25, 0.3) is 0 Å². The first-order valence-electron chi connectivity index (χ1n) is 5.50. The van der Waals surface area contributed by atoms with E-state index in [4.69, 9.17) is 8.83 Å². The lowest BCUT2D eigenvalue weighted by molar-refractivity contribution is -0.121. The standard InChI is InChI=1S/C13H12Br2O3/c1-7(11-3-9(14)5-17-11)13(16)8(2)12-4-10(15)6-18-12/h3-8H,1-2H3. The van der Waals surface area contributed by atoms with Gasteiger partial charge in [0.25, 0.3) is 0 Å². The molecule has 0 aliphatic heterocycles. The third-order valence-corrected chi connectivity index (χ3v) is 3.71. The average molecular weight is 376 g/mol. The van der Waals surface area contributed by atoms with Crippen LogP contribution in [0, 0.1) is 0 Å². The number of hydrogen-bond donors (Lipinski definition) is 0. The number of carbonyl (C=O) groups is 1. The van der Waals surface area contributed by atoms with Crippen LogP contribution in [-0.4, -0.2) is 5.78 Å². The number of carbonyl (C=O) groups excluding carboxylic acids is 1. The van der Waals surface area contributed by atoms with Crippen molar-refractivity contribution in [2.45, 2.75) is 25.7 Å². The first-order chi connectivity index (χ1) is 8.49. The van der Waals surface area contributed by atoms with Crippen LogP contribution in [0.4, 0.5) is 0 Å². The Labute approximate surface area is 122 Å². The minimum absolute atomic E-state index is 0.0682. The second-order valence-corrected chi connectivity index (χ2v) is 6.01. The number of ketones is 1. The van der Waals surface area contributed by atoms with Crippen molar-refractivity contribution < 1.29 is 13.6 Å². The highest BCUT2D eigenvalue weighted by atomic mass is 79.9. The van der Waals surface area contributed by atoms with E-state index >= 15 is 0 Å². The lowest BCUT2D eigenvalue weighted by Crippen LogP contribution is -2.15. The second-order valence-electron chi connectivity index (χ2n) is 4.18. The van der Waals surface area contributed by atoms with Crippen molar-refractivity contribution in [3.63, 3.8) is 0 Å². The highest BCUT2D eigenvalue weighted by Crippen LogP contribution is 2.30. The Morgan fingerprint density at radius 1 is 1.00 bits per heavy atom. The molecule has 0 radical (unpaired) electrons. The summed E-state index contributed by atoms with van der Waals surface area (Å²) in [6.07, 6.45) is 3.15. The molecule has 2 aromatic rings. The topological polar surface area (TPSA) is 43.4 Å². The van der Waals surface area contributed by atoms with Crippen LogP contribution >= 0.6 is 31.9 Å². The summed E-state index contributed by atoms with van der Waals surface area (Å²) in [4.78, 5) is 12.3. The fourth-order valence-electron chi connectivity index (χ4n) is 1.77. The monoisotopic (exact) mass is 374 g/mol. The van der Waals surface area contributed by atoms with E-state index in [0.29, 0.717) is 11.5 Å². The average Bonchev–Trinajstić information content (AvgIpc) is 2.95. The van der Waals surface area contributed by atoms with Gasteiger partial charge in [-0.15, -0.1) is 0 Å². The fourth-order valence-corrected chi connectivity index (χ4v) is 2.40. The van der Waals surface area contributed by atoms with Crippen molar-refractivity contribution in [3.05, 3.63) is 45.1 Å². The van der Waals surface area contributed by atoms with Gasteiger partial charge in [0.15, 0.2) is 5.78 Å². The lowest BCUT2D eigenvalue weighted by Gasteiger charge is -2.12. The van der Waals surface area contributed by atoms with Crippen molar-refractivity contribution in [1.29, 1.82) is 0 Å². The Morgan fingerprint density at radius 2 is 1.39 bits per heavy atom. The van der Waals surface area contributed by atoms with Crippen LogP contribution in [0.15, 0.2) is 42.4 Å². The molecular formula is C13H12Br2O3. The van der Waals surface area contributed by atoms with Crippen LogP contribution in [-0.2, 0) is 4.79 Å². The summed E-state index contributed by atoms with van der Waals surface area (Å²) in [6.45, 7) is 3.67. The van der Waals surface area contributed by atoms with Gasteiger partial charge < -0.3 is 8.83 Å². The van der Waals surface area contributed by atoms with E-state index in [1.54, 1.807) is 12.5 Å². The molecule has 3 nitrogen and oxygen atoms in total. The molecule has 0 fully saturated rings. The van der Waals surface area contributed by atoms with Gasteiger partial charge in [0.2, 0.25) is 0 Å². The first-order valence-corrected chi connectivity index (χ1v) is 7.09. The number of rotatable bonds is 4. The summed E-state index contributed by atoms with van der Waals surface area (Å²) in [5.74, 6) is 0.790. The molecule has 2 aromatic heterocycles. The van der Waals surface area contributed by atoms with Crippen molar-refractivity contribution in [2.24, 2.45) is 0 Å².